The number of hydrogen-bond acceptors (Lipinski definition) is 5. The molecule has 0 radical (unpaired) electrons. The van der Waals surface area contributed by atoms with Gasteiger partial charge in [0, 0.05) is 29.4 Å². The molecule has 0 saturated carbocycles. The Bertz CT molecular complexity index is 1370. The third-order valence-corrected chi connectivity index (χ3v) is 5.74. The SMILES string of the molecule is Cc1cccc(-c2nnc(-c3ccc(C(=O)N(C)CC(=O)Nc4c(C)cc(C)cc4C)cc3)o2)c1. The van der Waals surface area contributed by atoms with E-state index in [0.717, 1.165) is 33.5 Å². The first-order chi connectivity index (χ1) is 16.7. The van der Waals surface area contributed by atoms with E-state index < -0.39 is 0 Å². The minimum atomic E-state index is -0.255. The fraction of sp³-hybridized carbons (Fsp3) is 0.214. The van der Waals surface area contributed by atoms with Gasteiger partial charge >= 0.3 is 0 Å². The first kappa shape index (κ1) is 23.9. The molecule has 7 nitrogen and oxygen atoms in total. The Morgan fingerprint density at radius 2 is 1.46 bits per heavy atom. The molecule has 2 amide bonds. The molecule has 0 atom stereocenters. The van der Waals surface area contributed by atoms with Crippen molar-refractivity contribution in [3.63, 3.8) is 0 Å². The van der Waals surface area contributed by atoms with Crippen LogP contribution in [0, 0.1) is 27.7 Å². The Balaban J connectivity index is 1.41. The van der Waals surface area contributed by atoms with Crippen molar-refractivity contribution in [3.05, 3.63) is 88.5 Å². The number of benzene rings is 3. The van der Waals surface area contributed by atoms with Gasteiger partial charge in [-0.1, -0.05) is 35.4 Å². The van der Waals surface area contributed by atoms with Crippen LogP contribution in [0.1, 0.15) is 32.6 Å². The summed E-state index contributed by atoms with van der Waals surface area (Å²) in [6, 6.07) is 18.8. The molecule has 0 spiro atoms. The summed E-state index contributed by atoms with van der Waals surface area (Å²) in [5, 5.41) is 11.2. The summed E-state index contributed by atoms with van der Waals surface area (Å²) in [4.78, 5) is 26.9. The molecule has 178 valence electrons. The molecule has 7 heteroatoms. The molecule has 0 aliphatic rings. The van der Waals surface area contributed by atoms with Crippen molar-refractivity contribution in [3.8, 4) is 22.9 Å². The van der Waals surface area contributed by atoms with Crippen LogP contribution in [-0.4, -0.2) is 40.5 Å². The second-order valence-corrected chi connectivity index (χ2v) is 8.84. The molecular weight excluding hydrogens is 440 g/mol. The third-order valence-electron chi connectivity index (χ3n) is 5.74. The summed E-state index contributed by atoms with van der Waals surface area (Å²) < 4.78 is 5.82. The minimum absolute atomic E-state index is 0.0587. The number of aryl methyl sites for hydroxylation is 4. The highest BCUT2D eigenvalue weighted by Crippen LogP contribution is 2.25. The molecule has 0 bridgehead atoms. The molecule has 1 heterocycles. The van der Waals surface area contributed by atoms with Crippen LogP contribution in [0.25, 0.3) is 22.9 Å². The van der Waals surface area contributed by atoms with Crippen LogP contribution >= 0.6 is 0 Å². The van der Waals surface area contributed by atoms with Gasteiger partial charge in [-0.2, -0.15) is 0 Å². The zero-order valence-corrected chi connectivity index (χ0v) is 20.5. The van der Waals surface area contributed by atoms with E-state index in [0.29, 0.717) is 22.9 Å². The van der Waals surface area contributed by atoms with Crippen molar-refractivity contribution in [1.29, 1.82) is 0 Å². The second-order valence-electron chi connectivity index (χ2n) is 8.84. The predicted molar refractivity (Wildman–Crippen MR) is 136 cm³/mol. The fourth-order valence-electron chi connectivity index (χ4n) is 4.05. The van der Waals surface area contributed by atoms with E-state index in [-0.39, 0.29) is 18.4 Å². The monoisotopic (exact) mass is 468 g/mol. The van der Waals surface area contributed by atoms with E-state index in [1.165, 1.54) is 4.90 Å². The average Bonchev–Trinajstić information content (AvgIpc) is 3.31. The molecular formula is C28H28N4O3. The van der Waals surface area contributed by atoms with Gasteiger partial charge in [0.2, 0.25) is 17.7 Å². The van der Waals surface area contributed by atoms with Gasteiger partial charge in [0.25, 0.3) is 5.91 Å². The summed E-state index contributed by atoms with van der Waals surface area (Å²) in [5.41, 5.74) is 7.04. The lowest BCUT2D eigenvalue weighted by Gasteiger charge is -2.18. The summed E-state index contributed by atoms with van der Waals surface area (Å²) in [7, 11) is 1.61. The van der Waals surface area contributed by atoms with Crippen LogP contribution in [0.2, 0.25) is 0 Å². The number of aromatic nitrogens is 2. The molecule has 1 N–H and O–H groups in total. The Hall–Kier alpha value is -4.26. The summed E-state index contributed by atoms with van der Waals surface area (Å²) in [6.45, 7) is 7.88. The van der Waals surface area contributed by atoms with Crippen LogP contribution in [0.15, 0.2) is 65.1 Å². The molecule has 4 rings (SSSR count). The number of rotatable bonds is 6. The Morgan fingerprint density at radius 3 is 2.09 bits per heavy atom. The van der Waals surface area contributed by atoms with Crippen LogP contribution in [0.4, 0.5) is 5.69 Å². The minimum Gasteiger partial charge on any atom is -0.416 e. The quantitative estimate of drug-likeness (QED) is 0.412. The molecule has 0 aliphatic heterocycles. The van der Waals surface area contributed by atoms with Crippen LogP contribution in [0.3, 0.4) is 0 Å². The molecule has 4 aromatic rings. The van der Waals surface area contributed by atoms with Gasteiger partial charge in [-0.3, -0.25) is 9.59 Å². The Kier molecular flexibility index (Phi) is 6.78. The van der Waals surface area contributed by atoms with Crippen molar-refractivity contribution >= 4 is 17.5 Å². The topological polar surface area (TPSA) is 88.3 Å². The van der Waals surface area contributed by atoms with Crippen molar-refractivity contribution in [2.24, 2.45) is 0 Å². The molecule has 3 aromatic carbocycles. The maximum absolute atomic E-state index is 12.9. The summed E-state index contributed by atoms with van der Waals surface area (Å²) in [5.74, 6) is 0.308. The van der Waals surface area contributed by atoms with E-state index >= 15 is 0 Å². The lowest BCUT2D eigenvalue weighted by molar-refractivity contribution is -0.116. The summed E-state index contributed by atoms with van der Waals surface area (Å²) >= 11 is 0. The van der Waals surface area contributed by atoms with Crippen molar-refractivity contribution in [2.45, 2.75) is 27.7 Å². The molecule has 0 unspecified atom stereocenters. The largest absolute Gasteiger partial charge is 0.416 e. The van der Waals surface area contributed by atoms with Gasteiger partial charge < -0.3 is 14.6 Å². The van der Waals surface area contributed by atoms with Gasteiger partial charge in [0.1, 0.15) is 0 Å². The lowest BCUT2D eigenvalue weighted by atomic mass is 10.1. The van der Waals surface area contributed by atoms with Crippen LogP contribution in [-0.2, 0) is 4.79 Å². The Morgan fingerprint density at radius 1 is 0.829 bits per heavy atom. The van der Waals surface area contributed by atoms with Gasteiger partial charge in [-0.05, 0) is 75.2 Å². The van der Waals surface area contributed by atoms with Crippen LogP contribution < -0.4 is 5.32 Å². The molecule has 0 aliphatic carbocycles. The number of hydrogen-bond donors (Lipinski definition) is 1. The van der Waals surface area contributed by atoms with Crippen molar-refractivity contribution < 1.29 is 14.0 Å². The highest BCUT2D eigenvalue weighted by Gasteiger charge is 2.17. The highest BCUT2D eigenvalue weighted by atomic mass is 16.4. The molecule has 1 aromatic heterocycles. The van der Waals surface area contributed by atoms with E-state index in [1.54, 1.807) is 31.3 Å². The van der Waals surface area contributed by atoms with E-state index in [9.17, 15) is 9.59 Å². The maximum Gasteiger partial charge on any atom is 0.254 e. The second kappa shape index (κ2) is 9.93. The molecule has 35 heavy (non-hydrogen) atoms. The number of anilines is 1. The number of nitrogens with zero attached hydrogens (tertiary/aromatic N) is 3. The fourth-order valence-corrected chi connectivity index (χ4v) is 4.05. The van der Waals surface area contributed by atoms with Gasteiger partial charge in [0.15, 0.2) is 0 Å². The third kappa shape index (κ3) is 5.46. The average molecular weight is 469 g/mol. The van der Waals surface area contributed by atoms with Gasteiger partial charge in [0.05, 0.1) is 6.54 Å². The molecule has 0 fully saturated rings. The Labute approximate surface area is 204 Å². The number of carbonyl (C=O) groups excluding carboxylic acids is 2. The first-order valence-corrected chi connectivity index (χ1v) is 11.4. The summed E-state index contributed by atoms with van der Waals surface area (Å²) in [6.07, 6.45) is 0. The van der Waals surface area contributed by atoms with Crippen LogP contribution in [0.5, 0.6) is 0 Å². The number of likely N-dealkylation sites (N-methyl/N-ethyl adjacent to an activating group) is 1. The zero-order valence-electron chi connectivity index (χ0n) is 20.5. The predicted octanol–water partition coefficient (Wildman–Crippen LogP) is 5.35. The normalized spacial score (nSPS) is 10.8. The zero-order chi connectivity index (χ0) is 25.1. The van der Waals surface area contributed by atoms with E-state index in [1.807, 2.05) is 64.1 Å². The maximum atomic E-state index is 12.9. The lowest BCUT2D eigenvalue weighted by Crippen LogP contribution is -2.35. The van der Waals surface area contributed by atoms with Gasteiger partial charge in [-0.15, -0.1) is 10.2 Å². The molecule has 0 saturated heterocycles. The highest BCUT2D eigenvalue weighted by molar-refractivity contribution is 6.00. The van der Waals surface area contributed by atoms with Crippen molar-refractivity contribution in [2.75, 3.05) is 18.9 Å². The standard InChI is InChI=1S/C28H28N4O3/c1-17-7-6-8-23(15-17)27-31-30-26(35-27)21-9-11-22(12-10-21)28(34)32(5)16-24(33)29-25-19(3)13-18(2)14-20(25)4/h6-15H,16H2,1-5H3,(H,29,33). The number of amides is 2. The van der Waals surface area contributed by atoms with E-state index in [2.05, 4.69) is 15.5 Å². The number of carbonyl (C=O) groups is 2. The van der Waals surface area contributed by atoms with Gasteiger partial charge in [-0.25, -0.2) is 0 Å². The first-order valence-electron chi connectivity index (χ1n) is 11.4. The van der Waals surface area contributed by atoms with Crippen molar-refractivity contribution in [1.82, 2.24) is 15.1 Å². The van der Waals surface area contributed by atoms with E-state index in [4.69, 9.17) is 4.42 Å². The smallest absolute Gasteiger partial charge is 0.254 e. The number of nitrogens with one attached hydrogen (secondary N) is 1.